The van der Waals surface area contributed by atoms with Crippen molar-refractivity contribution in [1.29, 1.82) is 0 Å². The van der Waals surface area contributed by atoms with Gasteiger partial charge in [0.1, 0.15) is 6.26 Å². The average Bonchev–Trinajstić information content (AvgIpc) is 2.72. The minimum atomic E-state index is 0.171. The maximum atomic E-state index is 5.59. The first kappa shape index (κ1) is 9.34. The molecule has 0 N–H and O–H groups in total. The molecule has 2 aliphatic heterocycles. The lowest BCUT2D eigenvalue weighted by molar-refractivity contribution is -0.217. The Balaban J connectivity index is 2.17. The van der Waals surface area contributed by atoms with Crippen molar-refractivity contribution in [1.82, 2.24) is 0 Å². The van der Waals surface area contributed by atoms with Gasteiger partial charge >= 0.3 is 0 Å². The summed E-state index contributed by atoms with van der Waals surface area (Å²) in [4.78, 5) is 9.87. The second-order valence-corrected chi connectivity index (χ2v) is 3.36. The van der Waals surface area contributed by atoms with Gasteiger partial charge < -0.3 is 4.74 Å². The first-order valence-corrected chi connectivity index (χ1v) is 4.87. The van der Waals surface area contributed by atoms with Crippen LogP contribution in [-0.4, -0.2) is 12.7 Å². The molecule has 0 aliphatic carbocycles. The summed E-state index contributed by atoms with van der Waals surface area (Å²) in [6.07, 6.45) is 8.28. The summed E-state index contributed by atoms with van der Waals surface area (Å²) >= 11 is 0. The first-order valence-electron chi connectivity index (χ1n) is 4.87. The molecule has 2 rings (SSSR count). The van der Waals surface area contributed by atoms with Crippen molar-refractivity contribution in [3.8, 4) is 0 Å². The Morgan fingerprint density at radius 2 is 2.50 bits per heavy atom. The summed E-state index contributed by atoms with van der Waals surface area (Å²) in [7, 11) is 0. The largest absolute Gasteiger partial charge is 0.373 e. The molecule has 0 radical (unpaired) electrons. The molecule has 2 heterocycles. The molecule has 0 saturated carbocycles. The van der Waals surface area contributed by atoms with E-state index in [9.17, 15) is 0 Å². The number of hydrogen-bond acceptors (Lipinski definition) is 3. The highest BCUT2D eigenvalue weighted by Crippen LogP contribution is 2.28. The third-order valence-corrected chi connectivity index (χ3v) is 2.38. The highest BCUT2D eigenvalue weighted by molar-refractivity contribution is 5.28. The van der Waals surface area contributed by atoms with Crippen molar-refractivity contribution in [3.05, 3.63) is 36.3 Å². The van der Waals surface area contributed by atoms with Crippen molar-refractivity contribution in [2.45, 2.75) is 25.4 Å². The molecule has 14 heavy (non-hydrogen) atoms. The average molecular weight is 194 g/mol. The molecule has 0 aromatic heterocycles. The van der Waals surface area contributed by atoms with E-state index in [-0.39, 0.29) is 6.10 Å². The first-order chi connectivity index (χ1) is 6.92. The lowest BCUT2D eigenvalue weighted by Gasteiger charge is -2.18. The van der Waals surface area contributed by atoms with Crippen LogP contribution in [0.4, 0.5) is 0 Å². The molecule has 2 aliphatic rings. The van der Waals surface area contributed by atoms with Gasteiger partial charge in [0.25, 0.3) is 0 Å². The van der Waals surface area contributed by atoms with Crippen LogP contribution in [0, 0.1) is 0 Å². The van der Waals surface area contributed by atoms with Crippen LogP contribution in [0.15, 0.2) is 36.3 Å². The number of ether oxygens (including phenoxy) is 1. The summed E-state index contributed by atoms with van der Waals surface area (Å²) < 4.78 is 5.59. The highest BCUT2D eigenvalue weighted by Gasteiger charge is 2.24. The Morgan fingerprint density at radius 1 is 1.57 bits per heavy atom. The topological polar surface area (TPSA) is 27.7 Å². The Kier molecular flexibility index (Phi) is 2.89. The van der Waals surface area contributed by atoms with Gasteiger partial charge in [-0.3, -0.25) is 9.78 Å². The van der Waals surface area contributed by atoms with E-state index in [1.807, 2.05) is 6.08 Å². The van der Waals surface area contributed by atoms with Gasteiger partial charge in [-0.1, -0.05) is 6.08 Å². The lowest BCUT2D eigenvalue weighted by atomic mass is 10.0. The minimum Gasteiger partial charge on any atom is -0.373 e. The lowest BCUT2D eigenvalue weighted by Crippen LogP contribution is -2.13. The Labute approximate surface area is 83.6 Å². The zero-order valence-electron chi connectivity index (χ0n) is 8.07. The molecule has 0 bridgehead atoms. The molecule has 0 aromatic carbocycles. The van der Waals surface area contributed by atoms with Crippen LogP contribution in [0.25, 0.3) is 0 Å². The minimum absolute atomic E-state index is 0.171. The smallest absolute Gasteiger partial charge is 0.165 e. The highest BCUT2D eigenvalue weighted by atomic mass is 17.2. The second-order valence-electron chi connectivity index (χ2n) is 3.36. The van der Waals surface area contributed by atoms with Gasteiger partial charge in [-0.15, -0.1) is 6.58 Å². The van der Waals surface area contributed by atoms with Gasteiger partial charge in [0.05, 0.1) is 6.10 Å². The number of allylic oxidation sites excluding steroid dienone is 1. The molecule has 3 heteroatoms. The zero-order valence-corrected chi connectivity index (χ0v) is 8.07. The molecular formula is C11H14O3. The van der Waals surface area contributed by atoms with Crippen LogP contribution < -0.4 is 0 Å². The van der Waals surface area contributed by atoms with Gasteiger partial charge in [-0.2, -0.15) is 0 Å². The van der Waals surface area contributed by atoms with Crippen LogP contribution >= 0.6 is 0 Å². The van der Waals surface area contributed by atoms with Crippen molar-refractivity contribution in [2.24, 2.45) is 0 Å². The summed E-state index contributed by atoms with van der Waals surface area (Å²) in [5.74, 6) is 0.814. The zero-order chi connectivity index (χ0) is 9.80. The third-order valence-electron chi connectivity index (χ3n) is 2.38. The van der Waals surface area contributed by atoms with Crippen molar-refractivity contribution in [3.63, 3.8) is 0 Å². The molecule has 3 nitrogen and oxygen atoms in total. The maximum absolute atomic E-state index is 5.59. The van der Waals surface area contributed by atoms with E-state index < -0.39 is 0 Å². The monoisotopic (exact) mass is 194 g/mol. The SMILES string of the molecule is C=CCC1=C(C2CCCO2)C=COO1. The van der Waals surface area contributed by atoms with E-state index in [4.69, 9.17) is 14.5 Å². The molecule has 1 atom stereocenters. The summed E-state index contributed by atoms with van der Waals surface area (Å²) in [5, 5.41) is 0. The van der Waals surface area contributed by atoms with E-state index in [1.165, 1.54) is 0 Å². The van der Waals surface area contributed by atoms with Crippen LogP contribution in [-0.2, 0) is 14.5 Å². The van der Waals surface area contributed by atoms with Gasteiger partial charge in [-0.25, -0.2) is 0 Å². The number of hydrogen-bond donors (Lipinski definition) is 0. The van der Waals surface area contributed by atoms with Gasteiger partial charge in [0.15, 0.2) is 5.76 Å². The van der Waals surface area contributed by atoms with Crippen molar-refractivity contribution in [2.75, 3.05) is 6.61 Å². The van der Waals surface area contributed by atoms with Gasteiger partial charge in [0.2, 0.25) is 0 Å². The summed E-state index contributed by atoms with van der Waals surface area (Å²) in [5.41, 5.74) is 1.09. The predicted octanol–water partition coefficient (Wildman–Crippen LogP) is 2.47. The molecule has 0 spiro atoms. The molecular weight excluding hydrogens is 180 g/mol. The van der Waals surface area contributed by atoms with Crippen molar-refractivity contribution >= 4 is 0 Å². The summed E-state index contributed by atoms with van der Waals surface area (Å²) in [6.45, 7) is 4.52. The Morgan fingerprint density at radius 3 is 3.21 bits per heavy atom. The fourth-order valence-corrected chi connectivity index (χ4v) is 1.72. The summed E-state index contributed by atoms with van der Waals surface area (Å²) in [6, 6.07) is 0. The van der Waals surface area contributed by atoms with E-state index >= 15 is 0 Å². The Hall–Kier alpha value is -1.22. The third kappa shape index (κ3) is 1.82. The molecule has 0 aromatic rings. The molecule has 1 unspecified atom stereocenters. The molecule has 0 amide bonds. The van der Waals surface area contributed by atoms with Crippen molar-refractivity contribution < 1.29 is 14.5 Å². The molecule has 1 saturated heterocycles. The van der Waals surface area contributed by atoms with E-state index in [1.54, 1.807) is 12.3 Å². The maximum Gasteiger partial charge on any atom is 0.165 e. The molecule has 1 fully saturated rings. The van der Waals surface area contributed by atoms with Crippen LogP contribution in [0.5, 0.6) is 0 Å². The van der Waals surface area contributed by atoms with Gasteiger partial charge in [0, 0.05) is 18.6 Å². The van der Waals surface area contributed by atoms with E-state index in [2.05, 4.69) is 6.58 Å². The fourth-order valence-electron chi connectivity index (χ4n) is 1.72. The number of rotatable bonds is 3. The van der Waals surface area contributed by atoms with E-state index in [0.29, 0.717) is 6.42 Å². The van der Waals surface area contributed by atoms with Crippen LogP contribution in [0.2, 0.25) is 0 Å². The predicted molar refractivity (Wildman–Crippen MR) is 52.1 cm³/mol. The quantitative estimate of drug-likeness (QED) is 0.510. The fraction of sp³-hybridized carbons (Fsp3) is 0.455. The van der Waals surface area contributed by atoms with Crippen LogP contribution in [0.3, 0.4) is 0 Å². The van der Waals surface area contributed by atoms with Gasteiger partial charge in [-0.05, 0) is 18.9 Å². The normalized spacial score (nSPS) is 25.9. The van der Waals surface area contributed by atoms with Crippen LogP contribution in [0.1, 0.15) is 19.3 Å². The Bertz CT molecular complexity index is 272. The second kappa shape index (κ2) is 4.33. The standard InChI is InChI=1S/C11H14O3/c1-2-4-11-9(6-8-13-14-11)10-5-3-7-12-10/h2,6,8,10H,1,3-5,7H2. The van der Waals surface area contributed by atoms with E-state index in [0.717, 1.165) is 30.8 Å². The molecule has 76 valence electrons.